The molecule has 8 heteroatoms. The first-order chi connectivity index (χ1) is 11.8. The third-order valence-electron chi connectivity index (χ3n) is 3.98. The third kappa shape index (κ3) is 3.21. The molecule has 0 atom stereocenters. The van der Waals surface area contributed by atoms with E-state index in [0.717, 1.165) is 5.69 Å². The third-order valence-corrected chi connectivity index (χ3v) is 4.86. The second kappa shape index (κ2) is 6.44. The van der Waals surface area contributed by atoms with Gasteiger partial charge in [0, 0.05) is 29.9 Å². The van der Waals surface area contributed by atoms with Crippen LogP contribution in [0.4, 0.5) is 0 Å². The molecule has 0 aliphatic rings. The summed E-state index contributed by atoms with van der Waals surface area (Å²) in [7, 11) is 1.84. The largest absolute Gasteiger partial charge is 0.354 e. The summed E-state index contributed by atoms with van der Waals surface area (Å²) in [5.74, 6) is -0.114. The van der Waals surface area contributed by atoms with Gasteiger partial charge in [-0.1, -0.05) is 0 Å². The van der Waals surface area contributed by atoms with Crippen molar-refractivity contribution in [2.24, 2.45) is 7.05 Å². The molecule has 25 heavy (non-hydrogen) atoms. The van der Waals surface area contributed by atoms with Crippen molar-refractivity contribution in [2.45, 2.75) is 40.2 Å². The highest BCUT2D eigenvalue weighted by Crippen LogP contribution is 2.21. The van der Waals surface area contributed by atoms with Crippen LogP contribution in [-0.2, 0) is 18.3 Å². The Hall–Kier alpha value is -2.48. The van der Waals surface area contributed by atoms with Crippen molar-refractivity contribution >= 4 is 22.2 Å². The molecule has 0 unspecified atom stereocenters. The van der Waals surface area contributed by atoms with Crippen LogP contribution in [0.25, 0.3) is 16.2 Å². The highest BCUT2D eigenvalue weighted by molar-refractivity contribution is 7.15. The van der Waals surface area contributed by atoms with E-state index >= 15 is 0 Å². The fourth-order valence-electron chi connectivity index (χ4n) is 2.74. The Labute approximate surface area is 149 Å². The first-order valence-electron chi connectivity index (χ1n) is 8.08. The SMILES string of the molecule is Cc1nc2scc(CC(=O)NC(C)C)n2c(=O)c1-c1cc(C)n(C)n1. The predicted octanol–water partition coefficient (Wildman–Crippen LogP) is 1.84. The quantitative estimate of drug-likeness (QED) is 0.771. The topological polar surface area (TPSA) is 81.3 Å². The van der Waals surface area contributed by atoms with Gasteiger partial charge in [0.15, 0.2) is 4.96 Å². The maximum atomic E-state index is 13.1. The molecule has 3 heterocycles. The summed E-state index contributed by atoms with van der Waals surface area (Å²) < 4.78 is 3.25. The van der Waals surface area contributed by atoms with Crippen LogP contribution in [0.2, 0.25) is 0 Å². The monoisotopic (exact) mass is 359 g/mol. The second-order valence-electron chi connectivity index (χ2n) is 6.42. The molecule has 0 aromatic carbocycles. The number of fused-ring (bicyclic) bond motifs is 1. The standard InChI is InChI=1S/C17H21N5O2S/c1-9(2)18-14(23)7-12-8-25-17-19-11(4)15(16(24)22(12)17)13-6-10(3)21(5)20-13/h6,8-9H,7H2,1-5H3,(H,18,23). The van der Waals surface area contributed by atoms with Crippen molar-refractivity contribution in [1.82, 2.24) is 24.5 Å². The fourth-order valence-corrected chi connectivity index (χ4v) is 3.67. The van der Waals surface area contributed by atoms with Gasteiger partial charge >= 0.3 is 0 Å². The van der Waals surface area contributed by atoms with Gasteiger partial charge in [0.05, 0.1) is 23.4 Å². The molecule has 0 fully saturated rings. The molecule has 1 amide bonds. The molecule has 0 aliphatic carbocycles. The zero-order valence-electron chi connectivity index (χ0n) is 15.0. The minimum atomic E-state index is -0.186. The summed E-state index contributed by atoms with van der Waals surface area (Å²) in [6.07, 6.45) is 0.142. The summed E-state index contributed by atoms with van der Waals surface area (Å²) in [5, 5.41) is 9.07. The van der Waals surface area contributed by atoms with Crippen LogP contribution >= 0.6 is 11.3 Å². The summed E-state index contributed by atoms with van der Waals surface area (Å²) in [6, 6.07) is 1.93. The van der Waals surface area contributed by atoms with E-state index in [4.69, 9.17) is 0 Å². The van der Waals surface area contributed by atoms with Crippen molar-refractivity contribution in [3.8, 4) is 11.3 Å². The van der Waals surface area contributed by atoms with Crippen LogP contribution in [0.5, 0.6) is 0 Å². The molecule has 3 aromatic heterocycles. The molecular formula is C17H21N5O2S. The zero-order valence-corrected chi connectivity index (χ0v) is 15.8. The Balaban J connectivity index is 2.13. The van der Waals surface area contributed by atoms with E-state index < -0.39 is 0 Å². The molecule has 0 spiro atoms. The maximum absolute atomic E-state index is 13.1. The average molecular weight is 359 g/mol. The number of thiazole rings is 1. The number of aryl methyl sites for hydroxylation is 3. The highest BCUT2D eigenvalue weighted by Gasteiger charge is 2.19. The van der Waals surface area contributed by atoms with Gasteiger partial charge in [-0.2, -0.15) is 5.10 Å². The number of nitrogens with zero attached hydrogens (tertiary/aromatic N) is 4. The molecule has 0 bridgehead atoms. The molecular weight excluding hydrogens is 338 g/mol. The highest BCUT2D eigenvalue weighted by atomic mass is 32.1. The normalized spacial score (nSPS) is 11.4. The van der Waals surface area contributed by atoms with Crippen molar-refractivity contribution in [1.29, 1.82) is 0 Å². The minimum Gasteiger partial charge on any atom is -0.354 e. The number of hydrogen-bond donors (Lipinski definition) is 1. The van der Waals surface area contributed by atoms with Gasteiger partial charge in [-0.15, -0.1) is 11.3 Å². The number of aromatic nitrogens is 4. The van der Waals surface area contributed by atoms with E-state index in [-0.39, 0.29) is 23.9 Å². The number of nitrogens with one attached hydrogen (secondary N) is 1. The number of amides is 1. The number of hydrogen-bond acceptors (Lipinski definition) is 5. The Bertz CT molecular complexity index is 993. The molecule has 3 aromatic rings. The van der Waals surface area contributed by atoms with Crippen LogP contribution < -0.4 is 10.9 Å². The molecule has 3 rings (SSSR count). The zero-order chi connectivity index (χ0) is 18.3. The Morgan fingerprint density at radius 1 is 1.36 bits per heavy atom. The van der Waals surface area contributed by atoms with Gasteiger partial charge < -0.3 is 5.32 Å². The van der Waals surface area contributed by atoms with E-state index in [1.54, 1.807) is 4.68 Å². The lowest BCUT2D eigenvalue weighted by atomic mass is 10.1. The molecule has 7 nitrogen and oxygen atoms in total. The van der Waals surface area contributed by atoms with Gasteiger partial charge in [-0.3, -0.25) is 18.7 Å². The first kappa shape index (κ1) is 17.3. The van der Waals surface area contributed by atoms with Crippen molar-refractivity contribution < 1.29 is 4.79 Å². The number of carbonyl (C=O) groups is 1. The summed E-state index contributed by atoms with van der Waals surface area (Å²) in [5.41, 5.74) is 3.14. The predicted molar refractivity (Wildman–Crippen MR) is 98.0 cm³/mol. The lowest BCUT2D eigenvalue weighted by molar-refractivity contribution is -0.120. The molecule has 1 N–H and O–H groups in total. The lowest BCUT2D eigenvalue weighted by Crippen LogP contribution is -2.32. The van der Waals surface area contributed by atoms with E-state index in [1.165, 1.54) is 15.7 Å². The lowest BCUT2D eigenvalue weighted by Gasteiger charge is -2.08. The Morgan fingerprint density at radius 3 is 2.68 bits per heavy atom. The molecule has 132 valence electrons. The van der Waals surface area contributed by atoms with Gasteiger partial charge in [0.2, 0.25) is 5.91 Å². The minimum absolute atomic E-state index is 0.0570. The molecule has 0 saturated carbocycles. The van der Waals surface area contributed by atoms with E-state index in [2.05, 4.69) is 15.4 Å². The number of carbonyl (C=O) groups excluding carboxylic acids is 1. The Morgan fingerprint density at radius 2 is 2.08 bits per heavy atom. The maximum Gasteiger partial charge on any atom is 0.268 e. The van der Waals surface area contributed by atoms with Crippen LogP contribution in [0.3, 0.4) is 0 Å². The summed E-state index contributed by atoms with van der Waals surface area (Å²) >= 11 is 1.36. The van der Waals surface area contributed by atoms with Crippen LogP contribution in [0.15, 0.2) is 16.2 Å². The van der Waals surface area contributed by atoms with Crippen molar-refractivity contribution in [2.75, 3.05) is 0 Å². The fraction of sp³-hybridized carbons (Fsp3) is 0.412. The smallest absolute Gasteiger partial charge is 0.268 e. The van der Waals surface area contributed by atoms with E-state index in [0.29, 0.717) is 27.6 Å². The van der Waals surface area contributed by atoms with E-state index in [9.17, 15) is 9.59 Å². The summed E-state index contributed by atoms with van der Waals surface area (Å²) in [4.78, 5) is 30.3. The van der Waals surface area contributed by atoms with Crippen molar-refractivity contribution in [3.05, 3.63) is 38.9 Å². The van der Waals surface area contributed by atoms with Gasteiger partial charge in [-0.25, -0.2) is 4.98 Å². The van der Waals surface area contributed by atoms with Gasteiger partial charge in [0.1, 0.15) is 0 Å². The van der Waals surface area contributed by atoms with E-state index in [1.807, 2.05) is 46.2 Å². The van der Waals surface area contributed by atoms with Gasteiger partial charge in [-0.05, 0) is 33.8 Å². The van der Waals surface area contributed by atoms with Crippen LogP contribution in [0.1, 0.15) is 30.9 Å². The molecule has 0 aliphatic heterocycles. The summed E-state index contributed by atoms with van der Waals surface area (Å²) in [6.45, 7) is 7.55. The van der Waals surface area contributed by atoms with Crippen LogP contribution in [0, 0.1) is 13.8 Å². The second-order valence-corrected chi connectivity index (χ2v) is 7.25. The van der Waals surface area contributed by atoms with Crippen molar-refractivity contribution in [3.63, 3.8) is 0 Å². The number of rotatable bonds is 4. The van der Waals surface area contributed by atoms with Crippen LogP contribution in [-0.4, -0.2) is 31.1 Å². The molecule has 0 saturated heterocycles. The average Bonchev–Trinajstić information content (AvgIpc) is 3.02. The first-order valence-corrected chi connectivity index (χ1v) is 8.96. The Kier molecular flexibility index (Phi) is 4.47. The molecule has 0 radical (unpaired) electrons. The van der Waals surface area contributed by atoms with Gasteiger partial charge in [0.25, 0.3) is 5.56 Å².